The normalized spacial score (nSPS) is 11.5. The average molecular weight is 265 g/mol. The predicted molar refractivity (Wildman–Crippen MR) is 80.2 cm³/mol. The summed E-state index contributed by atoms with van der Waals surface area (Å²) in [6.45, 7) is 7.30. The van der Waals surface area contributed by atoms with Crippen LogP contribution in [0.3, 0.4) is 0 Å². The fourth-order valence-corrected chi connectivity index (χ4v) is 2.22. The highest BCUT2D eigenvalue weighted by Crippen LogP contribution is 2.38. The highest BCUT2D eigenvalue weighted by atomic mass is 16.5. The van der Waals surface area contributed by atoms with Crippen LogP contribution in [0.2, 0.25) is 0 Å². The zero-order chi connectivity index (χ0) is 14.5. The molecule has 0 bridgehead atoms. The molecular formula is C16H27NO2. The molecule has 0 aliphatic rings. The molecule has 0 fully saturated rings. The van der Waals surface area contributed by atoms with Gasteiger partial charge in [0, 0.05) is 5.56 Å². The average Bonchev–Trinajstić information content (AvgIpc) is 2.37. The highest BCUT2D eigenvalue weighted by molar-refractivity contribution is 5.50. The molecule has 19 heavy (non-hydrogen) atoms. The van der Waals surface area contributed by atoms with Gasteiger partial charge in [-0.25, -0.2) is 0 Å². The molecule has 108 valence electrons. The van der Waals surface area contributed by atoms with Gasteiger partial charge in [-0.15, -0.1) is 0 Å². The summed E-state index contributed by atoms with van der Waals surface area (Å²) in [6, 6.07) is 4.15. The molecule has 2 N–H and O–H groups in total. The molecule has 0 unspecified atom stereocenters. The first-order chi connectivity index (χ1) is 8.93. The van der Waals surface area contributed by atoms with Gasteiger partial charge >= 0.3 is 0 Å². The van der Waals surface area contributed by atoms with Gasteiger partial charge < -0.3 is 15.2 Å². The minimum atomic E-state index is 0.0303. The minimum absolute atomic E-state index is 0.0303. The van der Waals surface area contributed by atoms with Crippen LogP contribution in [0.25, 0.3) is 0 Å². The third kappa shape index (κ3) is 4.13. The van der Waals surface area contributed by atoms with E-state index in [2.05, 4.69) is 32.9 Å². The van der Waals surface area contributed by atoms with E-state index in [4.69, 9.17) is 15.2 Å². The van der Waals surface area contributed by atoms with Crippen molar-refractivity contribution in [2.75, 3.05) is 20.8 Å². The van der Waals surface area contributed by atoms with E-state index in [-0.39, 0.29) is 5.41 Å². The summed E-state index contributed by atoms with van der Waals surface area (Å²) in [7, 11) is 3.45. The van der Waals surface area contributed by atoms with Crippen molar-refractivity contribution in [3.8, 4) is 11.5 Å². The van der Waals surface area contributed by atoms with Gasteiger partial charge in [-0.05, 0) is 48.9 Å². The van der Waals surface area contributed by atoms with Gasteiger partial charge in [0.2, 0.25) is 0 Å². The van der Waals surface area contributed by atoms with Gasteiger partial charge in [0.1, 0.15) is 11.5 Å². The van der Waals surface area contributed by atoms with E-state index in [1.807, 2.05) is 0 Å². The van der Waals surface area contributed by atoms with Gasteiger partial charge in [0.05, 0.1) is 14.2 Å². The van der Waals surface area contributed by atoms with Crippen LogP contribution in [0.1, 0.15) is 44.7 Å². The van der Waals surface area contributed by atoms with E-state index in [0.29, 0.717) is 0 Å². The van der Waals surface area contributed by atoms with Crippen molar-refractivity contribution >= 4 is 0 Å². The Balaban J connectivity index is 3.19. The molecule has 0 radical (unpaired) electrons. The minimum Gasteiger partial charge on any atom is -0.497 e. The van der Waals surface area contributed by atoms with Crippen molar-refractivity contribution in [3.05, 3.63) is 23.3 Å². The molecule has 1 rings (SSSR count). The van der Waals surface area contributed by atoms with Crippen molar-refractivity contribution in [2.24, 2.45) is 5.73 Å². The molecule has 0 amide bonds. The van der Waals surface area contributed by atoms with Crippen molar-refractivity contribution in [2.45, 2.75) is 45.4 Å². The maximum Gasteiger partial charge on any atom is 0.126 e. The Morgan fingerprint density at radius 1 is 1.05 bits per heavy atom. The molecule has 0 saturated carbocycles. The quantitative estimate of drug-likeness (QED) is 0.803. The third-order valence-corrected chi connectivity index (χ3v) is 3.29. The monoisotopic (exact) mass is 265 g/mol. The Bertz CT molecular complexity index is 408. The Morgan fingerprint density at radius 3 is 2.21 bits per heavy atom. The Hall–Kier alpha value is -1.22. The first-order valence-electron chi connectivity index (χ1n) is 6.89. The molecule has 0 aromatic heterocycles. The van der Waals surface area contributed by atoms with Crippen LogP contribution < -0.4 is 15.2 Å². The molecule has 0 saturated heterocycles. The molecule has 3 nitrogen and oxygen atoms in total. The number of nitrogens with two attached hydrogens (primary N) is 1. The van der Waals surface area contributed by atoms with Crippen LogP contribution in [0, 0.1) is 0 Å². The first-order valence-corrected chi connectivity index (χ1v) is 6.89. The third-order valence-electron chi connectivity index (χ3n) is 3.29. The van der Waals surface area contributed by atoms with E-state index in [1.54, 1.807) is 14.2 Å². The molecule has 0 aliphatic carbocycles. The summed E-state index contributed by atoms with van der Waals surface area (Å²) in [6.07, 6.45) is 3.08. The number of ether oxygens (including phenoxy) is 2. The zero-order valence-electron chi connectivity index (χ0n) is 12.9. The van der Waals surface area contributed by atoms with Crippen LogP contribution in [-0.2, 0) is 11.8 Å². The SMILES string of the molecule is COc1cc(CCCCN)c(OC)c(C(C)(C)C)c1. The van der Waals surface area contributed by atoms with Gasteiger partial charge in [0.25, 0.3) is 0 Å². The summed E-state index contributed by atoms with van der Waals surface area (Å²) in [5, 5.41) is 0. The molecule has 1 aromatic rings. The Kier molecular flexibility index (Phi) is 5.67. The molecule has 0 heterocycles. The molecule has 0 atom stereocenters. The number of rotatable bonds is 6. The highest BCUT2D eigenvalue weighted by Gasteiger charge is 2.22. The van der Waals surface area contributed by atoms with Crippen LogP contribution in [0.15, 0.2) is 12.1 Å². The maximum absolute atomic E-state index is 5.65. The van der Waals surface area contributed by atoms with E-state index in [9.17, 15) is 0 Å². The van der Waals surface area contributed by atoms with Crippen LogP contribution in [0.5, 0.6) is 11.5 Å². The van der Waals surface area contributed by atoms with E-state index >= 15 is 0 Å². The standard InChI is InChI=1S/C16H27NO2/c1-16(2,3)14-11-13(18-4)10-12(15(14)19-5)8-6-7-9-17/h10-11H,6-9,17H2,1-5H3. The summed E-state index contributed by atoms with van der Waals surface area (Å²) in [5.74, 6) is 1.89. The largest absolute Gasteiger partial charge is 0.497 e. The fourth-order valence-electron chi connectivity index (χ4n) is 2.22. The maximum atomic E-state index is 5.65. The lowest BCUT2D eigenvalue weighted by atomic mass is 9.84. The summed E-state index contributed by atoms with van der Waals surface area (Å²) < 4.78 is 11.1. The molecule has 0 spiro atoms. The molecule has 3 heteroatoms. The van der Waals surface area contributed by atoms with E-state index < -0.39 is 0 Å². The first kappa shape index (κ1) is 15.8. The molecule has 1 aromatic carbocycles. The van der Waals surface area contributed by atoms with Gasteiger partial charge in [0.15, 0.2) is 0 Å². The second-order valence-electron chi connectivity index (χ2n) is 5.86. The second-order valence-corrected chi connectivity index (χ2v) is 5.86. The smallest absolute Gasteiger partial charge is 0.126 e. The Labute approximate surface area is 117 Å². The number of aryl methyl sites for hydroxylation is 1. The van der Waals surface area contributed by atoms with Gasteiger partial charge in [-0.2, -0.15) is 0 Å². The Morgan fingerprint density at radius 2 is 1.74 bits per heavy atom. The number of methoxy groups -OCH3 is 2. The lowest BCUT2D eigenvalue weighted by Gasteiger charge is -2.25. The number of benzene rings is 1. The predicted octanol–water partition coefficient (Wildman–Crippen LogP) is 3.28. The van der Waals surface area contributed by atoms with Crippen LogP contribution in [0.4, 0.5) is 0 Å². The number of hydrogen-bond donors (Lipinski definition) is 1. The van der Waals surface area contributed by atoms with Gasteiger partial charge in [-0.3, -0.25) is 0 Å². The fraction of sp³-hybridized carbons (Fsp3) is 0.625. The summed E-state index contributed by atoms with van der Waals surface area (Å²) in [5.41, 5.74) is 7.99. The zero-order valence-corrected chi connectivity index (χ0v) is 12.9. The lowest BCUT2D eigenvalue weighted by molar-refractivity contribution is 0.382. The topological polar surface area (TPSA) is 44.5 Å². The molecular weight excluding hydrogens is 238 g/mol. The van der Waals surface area contributed by atoms with E-state index in [1.165, 1.54) is 11.1 Å². The second kappa shape index (κ2) is 6.80. The van der Waals surface area contributed by atoms with Crippen LogP contribution >= 0.6 is 0 Å². The van der Waals surface area contributed by atoms with Crippen molar-refractivity contribution < 1.29 is 9.47 Å². The lowest BCUT2D eigenvalue weighted by Crippen LogP contribution is -2.14. The molecule has 0 aliphatic heterocycles. The van der Waals surface area contributed by atoms with Crippen molar-refractivity contribution in [1.82, 2.24) is 0 Å². The summed E-state index contributed by atoms with van der Waals surface area (Å²) in [4.78, 5) is 0. The van der Waals surface area contributed by atoms with Gasteiger partial charge in [-0.1, -0.05) is 20.8 Å². The van der Waals surface area contributed by atoms with Crippen molar-refractivity contribution in [1.29, 1.82) is 0 Å². The number of hydrogen-bond acceptors (Lipinski definition) is 3. The summed E-state index contributed by atoms with van der Waals surface area (Å²) >= 11 is 0. The van der Waals surface area contributed by atoms with E-state index in [0.717, 1.165) is 37.3 Å². The number of unbranched alkanes of at least 4 members (excludes halogenated alkanes) is 1. The van der Waals surface area contributed by atoms with Crippen LogP contribution in [-0.4, -0.2) is 20.8 Å². The van der Waals surface area contributed by atoms with Crippen molar-refractivity contribution in [3.63, 3.8) is 0 Å².